The average Bonchev–Trinajstić information content (AvgIpc) is 3.23. The number of aromatic nitrogens is 5. The zero-order valence-corrected chi connectivity index (χ0v) is 15.2. The minimum absolute atomic E-state index is 0.0117. The van der Waals surface area contributed by atoms with Crippen LogP contribution in [0.5, 0.6) is 0 Å². The number of anilines is 1. The Labute approximate surface area is 151 Å². The van der Waals surface area contributed by atoms with Crippen LogP contribution in [-0.4, -0.2) is 30.9 Å². The van der Waals surface area contributed by atoms with Crippen molar-refractivity contribution in [3.63, 3.8) is 0 Å². The van der Waals surface area contributed by atoms with E-state index in [0.717, 1.165) is 28.3 Å². The van der Waals surface area contributed by atoms with Gasteiger partial charge >= 0.3 is 0 Å². The van der Waals surface area contributed by atoms with Gasteiger partial charge in [0.2, 0.25) is 5.91 Å². The van der Waals surface area contributed by atoms with Crippen LogP contribution in [0.1, 0.15) is 55.6 Å². The Balaban J connectivity index is 1.68. The number of nitrogens with one attached hydrogen (secondary N) is 2. The van der Waals surface area contributed by atoms with Crippen molar-refractivity contribution in [2.45, 2.75) is 45.1 Å². The van der Waals surface area contributed by atoms with Gasteiger partial charge in [0, 0.05) is 41.4 Å². The Morgan fingerprint density at radius 3 is 2.85 bits per heavy atom. The molecule has 3 aromatic heterocycles. The number of hydrogen-bond acceptors (Lipinski definition) is 4. The van der Waals surface area contributed by atoms with Crippen LogP contribution in [0.3, 0.4) is 0 Å². The smallest absolute Gasteiger partial charge is 0.226 e. The molecule has 4 heterocycles. The van der Waals surface area contributed by atoms with E-state index >= 15 is 0 Å². The molecule has 4 rings (SSSR count). The normalized spacial score (nSPS) is 17.0. The van der Waals surface area contributed by atoms with Gasteiger partial charge in [-0.25, -0.2) is 4.68 Å². The van der Waals surface area contributed by atoms with Crippen LogP contribution in [0.15, 0.2) is 36.8 Å². The average molecular weight is 350 g/mol. The first-order chi connectivity index (χ1) is 12.4. The second-order valence-corrected chi connectivity index (χ2v) is 7.73. The van der Waals surface area contributed by atoms with E-state index < -0.39 is 0 Å². The zero-order valence-electron chi connectivity index (χ0n) is 15.2. The maximum absolute atomic E-state index is 12.3. The first-order valence-electron chi connectivity index (χ1n) is 8.72. The molecule has 0 aromatic carbocycles. The van der Waals surface area contributed by atoms with Crippen LogP contribution in [0.4, 0.5) is 5.82 Å². The maximum atomic E-state index is 12.3. The van der Waals surface area contributed by atoms with Gasteiger partial charge in [0.1, 0.15) is 5.82 Å². The topological polar surface area (TPSA) is 88.5 Å². The first-order valence-corrected chi connectivity index (χ1v) is 8.72. The highest BCUT2D eigenvalue weighted by Crippen LogP contribution is 2.37. The molecule has 0 saturated carbocycles. The predicted molar refractivity (Wildman–Crippen MR) is 97.9 cm³/mol. The Hall–Kier alpha value is -2.96. The molecule has 1 atom stereocenters. The van der Waals surface area contributed by atoms with Gasteiger partial charge in [0.05, 0.1) is 18.4 Å². The van der Waals surface area contributed by atoms with E-state index in [0.29, 0.717) is 13.0 Å². The number of amides is 1. The fourth-order valence-corrected chi connectivity index (χ4v) is 3.23. The maximum Gasteiger partial charge on any atom is 0.226 e. The predicted octanol–water partition coefficient (Wildman–Crippen LogP) is 2.82. The van der Waals surface area contributed by atoms with E-state index in [1.165, 1.54) is 0 Å². The third kappa shape index (κ3) is 3.00. The molecule has 0 unspecified atom stereocenters. The monoisotopic (exact) mass is 350 g/mol. The van der Waals surface area contributed by atoms with Crippen molar-refractivity contribution >= 4 is 11.7 Å². The molecule has 1 aliphatic heterocycles. The highest BCUT2D eigenvalue weighted by Gasteiger charge is 2.32. The summed E-state index contributed by atoms with van der Waals surface area (Å²) in [7, 11) is 0. The van der Waals surface area contributed by atoms with Crippen molar-refractivity contribution in [1.29, 1.82) is 0 Å². The molecule has 0 spiro atoms. The van der Waals surface area contributed by atoms with E-state index in [9.17, 15) is 4.79 Å². The molecule has 3 aromatic rings. The van der Waals surface area contributed by atoms with E-state index in [2.05, 4.69) is 52.4 Å². The van der Waals surface area contributed by atoms with Gasteiger partial charge in [0.25, 0.3) is 0 Å². The van der Waals surface area contributed by atoms with E-state index in [1.54, 1.807) is 12.4 Å². The Bertz CT molecular complexity index is 935. The molecule has 134 valence electrons. The van der Waals surface area contributed by atoms with E-state index in [-0.39, 0.29) is 17.2 Å². The molecule has 0 aliphatic carbocycles. The van der Waals surface area contributed by atoms with Crippen LogP contribution < -0.4 is 5.32 Å². The summed E-state index contributed by atoms with van der Waals surface area (Å²) in [5.74, 6) is 0.675. The van der Waals surface area contributed by atoms with E-state index in [1.807, 2.05) is 23.0 Å². The van der Waals surface area contributed by atoms with Crippen molar-refractivity contribution in [1.82, 2.24) is 25.0 Å². The van der Waals surface area contributed by atoms with Gasteiger partial charge in [-0.1, -0.05) is 26.8 Å². The number of fused-ring (bicyclic) bond motifs is 1. The molecule has 26 heavy (non-hydrogen) atoms. The van der Waals surface area contributed by atoms with Gasteiger partial charge in [-0.3, -0.25) is 14.9 Å². The Morgan fingerprint density at radius 2 is 2.15 bits per heavy atom. The lowest BCUT2D eigenvalue weighted by atomic mass is 9.88. The van der Waals surface area contributed by atoms with Crippen molar-refractivity contribution in [3.05, 3.63) is 59.3 Å². The summed E-state index contributed by atoms with van der Waals surface area (Å²) in [6.07, 6.45) is 5.77. The summed E-state index contributed by atoms with van der Waals surface area (Å²) in [4.78, 5) is 16.5. The Kier molecular flexibility index (Phi) is 3.86. The number of carbonyl (C=O) groups excluding carboxylic acids is 1. The largest absolute Gasteiger partial charge is 0.311 e. The quantitative estimate of drug-likeness (QED) is 0.760. The summed E-state index contributed by atoms with van der Waals surface area (Å²) in [5, 5.41) is 15.0. The van der Waals surface area contributed by atoms with Crippen LogP contribution >= 0.6 is 0 Å². The summed E-state index contributed by atoms with van der Waals surface area (Å²) >= 11 is 0. The summed E-state index contributed by atoms with van der Waals surface area (Å²) in [6, 6.07) is 5.95. The number of pyridine rings is 1. The van der Waals surface area contributed by atoms with Crippen molar-refractivity contribution < 1.29 is 4.79 Å². The third-order valence-corrected chi connectivity index (χ3v) is 4.69. The minimum Gasteiger partial charge on any atom is -0.311 e. The van der Waals surface area contributed by atoms with Gasteiger partial charge < -0.3 is 5.32 Å². The first kappa shape index (κ1) is 16.5. The van der Waals surface area contributed by atoms with Crippen LogP contribution in [0.2, 0.25) is 0 Å². The molecular weight excluding hydrogens is 328 g/mol. The van der Waals surface area contributed by atoms with Crippen molar-refractivity contribution in [3.8, 4) is 0 Å². The van der Waals surface area contributed by atoms with E-state index in [4.69, 9.17) is 0 Å². The number of nitrogens with zero attached hydrogens (tertiary/aromatic N) is 4. The second kappa shape index (κ2) is 6.09. The number of H-pyrrole nitrogens is 1. The molecule has 7 nitrogen and oxygen atoms in total. The fourth-order valence-electron chi connectivity index (χ4n) is 3.23. The lowest BCUT2D eigenvalue weighted by Crippen LogP contribution is -2.25. The molecule has 0 radical (unpaired) electrons. The summed E-state index contributed by atoms with van der Waals surface area (Å²) < 4.78 is 1.82. The lowest BCUT2D eigenvalue weighted by Gasteiger charge is -2.22. The molecule has 0 fully saturated rings. The molecule has 0 saturated heterocycles. The number of rotatable bonds is 3. The van der Waals surface area contributed by atoms with Gasteiger partial charge in [0.15, 0.2) is 0 Å². The van der Waals surface area contributed by atoms with Crippen molar-refractivity contribution in [2.75, 3.05) is 5.32 Å². The fraction of sp³-hybridized carbons (Fsp3) is 0.368. The van der Waals surface area contributed by atoms with Gasteiger partial charge in [-0.05, 0) is 17.7 Å². The molecule has 1 aliphatic rings. The highest BCUT2D eigenvalue weighted by molar-refractivity contribution is 5.94. The molecule has 1 amide bonds. The lowest BCUT2D eigenvalue weighted by molar-refractivity contribution is -0.116. The van der Waals surface area contributed by atoms with Gasteiger partial charge in [-0.2, -0.15) is 10.2 Å². The van der Waals surface area contributed by atoms with Crippen LogP contribution in [0, 0.1) is 0 Å². The molecule has 7 heteroatoms. The standard InChI is InChI=1S/C19H22N6O/c1-19(2,3)16-8-15(23-24-16)13-7-17(26)22-18-14(13)10-21-25(18)11-12-5-4-6-20-9-12/h4-6,8-10,13H,7,11H2,1-3H3,(H,22,26)(H,23,24)/t13-/m1/s1. The summed E-state index contributed by atoms with van der Waals surface area (Å²) in [6.45, 7) is 6.93. The van der Waals surface area contributed by atoms with Crippen LogP contribution in [-0.2, 0) is 16.8 Å². The molecular formula is C19H22N6O. The molecule has 2 N–H and O–H groups in total. The summed E-state index contributed by atoms with van der Waals surface area (Å²) in [5.41, 5.74) is 3.94. The third-order valence-electron chi connectivity index (χ3n) is 4.69. The number of aromatic amines is 1. The molecule has 0 bridgehead atoms. The second-order valence-electron chi connectivity index (χ2n) is 7.73. The number of hydrogen-bond donors (Lipinski definition) is 2. The Morgan fingerprint density at radius 1 is 1.31 bits per heavy atom. The number of carbonyl (C=O) groups is 1. The van der Waals surface area contributed by atoms with Crippen molar-refractivity contribution in [2.24, 2.45) is 0 Å². The SMILES string of the molecule is CC(C)(C)c1cc([C@@H]2CC(=O)Nc3c2cnn3Cc2cccnc2)[nH]n1. The zero-order chi connectivity index (χ0) is 18.3. The highest BCUT2D eigenvalue weighted by atomic mass is 16.1. The van der Waals surface area contributed by atoms with Gasteiger partial charge in [-0.15, -0.1) is 0 Å². The minimum atomic E-state index is -0.0648. The van der Waals surface area contributed by atoms with Crippen LogP contribution in [0.25, 0.3) is 0 Å².